The minimum absolute atomic E-state index is 0. The number of rotatable bonds is 3. The molecule has 46 valence electrons. The summed E-state index contributed by atoms with van der Waals surface area (Å²) in [7, 11) is 0. The molecule has 0 saturated carbocycles. The molecule has 0 unspecified atom stereocenters. The Kier molecular flexibility index (Phi) is 13.2. The van der Waals surface area contributed by atoms with Crippen molar-refractivity contribution in [2.24, 2.45) is 0 Å². The lowest BCUT2D eigenvalue weighted by atomic mass is 10.7. The SMILES string of the molecule is CCOCC[NH3+].[F-]. The van der Waals surface area contributed by atoms with Gasteiger partial charge < -0.3 is 15.2 Å². The van der Waals surface area contributed by atoms with E-state index >= 15 is 0 Å². The lowest BCUT2D eigenvalue weighted by Crippen LogP contribution is -3.00. The third-order valence-corrected chi connectivity index (χ3v) is 0.493. The van der Waals surface area contributed by atoms with E-state index < -0.39 is 0 Å². The normalized spacial score (nSPS) is 7.71. The summed E-state index contributed by atoms with van der Waals surface area (Å²) in [5, 5.41) is 0. The van der Waals surface area contributed by atoms with Gasteiger partial charge in [-0.15, -0.1) is 0 Å². The Labute approximate surface area is 43.0 Å². The van der Waals surface area contributed by atoms with Crippen molar-refractivity contribution in [3.8, 4) is 0 Å². The molecule has 0 spiro atoms. The highest BCUT2D eigenvalue weighted by Crippen LogP contribution is 1.63. The monoisotopic (exact) mass is 109 g/mol. The Morgan fingerprint density at radius 2 is 2.14 bits per heavy atom. The van der Waals surface area contributed by atoms with E-state index in [1.165, 1.54) is 0 Å². The Balaban J connectivity index is 0. The summed E-state index contributed by atoms with van der Waals surface area (Å²) in [5.41, 5.74) is 3.60. The maximum Gasteiger partial charge on any atom is 0.0977 e. The molecule has 0 bridgehead atoms. The average molecular weight is 109 g/mol. The molecule has 0 aromatic carbocycles. The molecule has 0 aromatic rings. The van der Waals surface area contributed by atoms with Gasteiger partial charge in [0.2, 0.25) is 0 Å². The van der Waals surface area contributed by atoms with Crippen LogP contribution in [0.3, 0.4) is 0 Å². The first-order valence-corrected chi connectivity index (χ1v) is 2.28. The summed E-state index contributed by atoms with van der Waals surface area (Å²) in [6.45, 7) is 4.48. The molecule has 3 N–H and O–H groups in total. The molecule has 0 radical (unpaired) electrons. The van der Waals surface area contributed by atoms with Gasteiger partial charge in [-0.25, -0.2) is 0 Å². The van der Waals surface area contributed by atoms with E-state index in [2.05, 4.69) is 5.73 Å². The summed E-state index contributed by atoms with van der Waals surface area (Å²) in [5.74, 6) is 0. The van der Waals surface area contributed by atoms with Gasteiger partial charge in [-0.2, -0.15) is 0 Å². The molecule has 3 heteroatoms. The zero-order valence-electron chi connectivity index (χ0n) is 4.61. The van der Waals surface area contributed by atoms with Crippen LogP contribution in [0.4, 0.5) is 0 Å². The van der Waals surface area contributed by atoms with Crippen LogP contribution in [0.1, 0.15) is 6.92 Å². The molecule has 0 saturated heterocycles. The quantitative estimate of drug-likeness (QED) is 0.372. The maximum absolute atomic E-state index is 4.92. The van der Waals surface area contributed by atoms with Gasteiger partial charge in [-0.05, 0) is 6.92 Å². The zero-order chi connectivity index (χ0) is 4.83. The molecular formula is C4H12FNO. The fourth-order valence-electron chi connectivity index (χ4n) is 0.246. The van der Waals surface area contributed by atoms with Crippen molar-refractivity contribution in [1.29, 1.82) is 0 Å². The van der Waals surface area contributed by atoms with Gasteiger partial charge in [-0.3, -0.25) is 0 Å². The lowest BCUT2D eigenvalue weighted by Gasteiger charge is -1.89. The number of hydrogen-bond donors (Lipinski definition) is 1. The second-order valence-corrected chi connectivity index (χ2v) is 1.05. The fraction of sp³-hybridized carbons (Fsp3) is 1.00. The Morgan fingerprint density at radius 3 is 2.29 bits per heavy atom. The summed E-state index contributed by atoms with van der Waals surface area (Å²) < 4.78 is 4.92. The number of quaternary nitrogens is 1. The third-order valence-electron chi connectivity index (χ3n) is 0.493. The molecule has 2 nitrogen and oxygen atoms in total. The summed E-state index contributed by atoms with van der Waals surface area (Å²) >= 11 is 0. The van der Waals surface area contributed by atoms with Crippen molar-refractivity contribution in [3.05, 3.63) is 0 Å². The molecule has 0 aliphatic carbocycles. The van der Waals surface area contributed by atoms with E-state index in [1.54, 1.807) is 0 Å². The van der Waals surface area contributed by atoms with Gasteiger partial charge in [0.05, 0.1) is 13.2 Å². The van der Waals surface area contributed by atoms with Crippen molar-refractivity contribution in [2.75, 3.05) is 19.8 Å². The highest BCUT2D eigenvalue weighted by Gasteiger charge is 1.75. The Bertz CT molecular complexity index is 23.7. The van der Waals surface area contributed by atoms with Crippen LogP contribution in [0.5, 0.6) is 0 Å². The zero-order valence-corrected chi connectivity index (χ0v) is 4.61. The Hall–Kier alpha value is -0.150. The van der Waals surface area contributed by atoms with Gasteiger partial charge in [0.25, 0.3) is 0 Å². The average Bonchev–Trinajstić information content (AvgIpc) is 1.61. The molecule has 0 atom stereocenters. The molecular weight excluding hydrogens is 97.0 g/mol. The molecule has 0 amide bonds. The van der Waals surface area contributed by atoms with Crippen LogP contribution in [0.25, 0.3) is 0 Å². The third kappa shape index (κ3) is 10.7. The van der Waals surface area contributed by atoms with Gasteiger partial charge in [0.1, 0.15) is 0 Å². The highest BCUT2D eigenvalue weighted by atomic mass is 19.0. The molecule has 0 fully saturated rings. The number of hydrogen-bond acceptors (Lipinski definition) is 1. The van der Waals surface area contributed by atoms with Crippen molar-refractivity contribution in [1.82, 2.24) is 0 Å². The second-order valence-electron chi connectivity index (χ2n) is 1.05. The lowest BCUT2D eigenvalue weighted by molar-refractivity contribution is -0.374. The number of ether oxygens (including phenoxy) is 1. The molecule has 7 heavy (non-hydrogen) atoms. The first-order valence-electron chi connectivity index (χ1n) is 2.28. The summed E-state index contributed by atoms with van der Waals surface area (Å²) in [6.07, 6.45) is 0. The molecule has 0 aromatic heterocycles. The van der Waals surface area contributed by atoms with E-state index in [-0.39, 0.29) is 4.70 Å². The van der Waals surface area contributed by atoms with Crippen LogP contribution in [0.15, 0.2) is 0 Å². The molecule has 0 aliphatic rings. The summed E-state index contributed by atoms with van der Waals surface area (Å²) in [4.78, 5) is 0. The van der Waals surface area contributed by atoms with E-state index in [0.717, 1.165) is 19.8 Å². The first kappa shape index (κ1) is 9.97. The number of halogens is 1. The molecule has 0 heterocycles. The molecule has 0 aliphatic heterocycles. The Morgan fingerprint density at radius 1 is 1.57 bits per heavy atom. The van der Waals surface area contributed by atoms with Crippen LogP contribution >= 0.6 is 0 Å². The van der Waals surface area contributed by atoms with Gasteiger partial charge in [-0.1, -0.05) is 0 Å². The van der Waals surface area contributed by atoms with Gasteiger partial charge in [0, 0.05) is 6.61 Å². The van der Waals surface area contributed by atoms with Crippen molar-refractivity contribution >= 4 is 0 Å². The van der Waals surface area contributed by atoms with Gasteiger partial charge in [0.15, 0.2) is 0 Å². The van der Waals surface area contributed by atoms with E-state index in [1.807, 2.05) is 6.92 Å². The summed E-state index contributed by atoms with van der Waals surface area (Å²) in [6, 6.07) is 0. The van der Waals surface area contributed by atoms with Crippen LogP contribution < -0.4 is 10.4 Å². The smallest absolute Gasteiger partial charge is 0.0977 e. The largest absolute Gasteiger partial charge is 1.00 e. The predicted octanol–water partition coefficient (Wildman–Crippen LogP) is -3.73. The van der Waals surface area contributed by atoms with E-state index in [0.29, 0.717) is 0 Å². The topological polar surface area (TPSA) is 36.9 Å². The van der Waals surface area contributed by atoms with Crippen LogP contribution in [0.2, 0.25) is 0 Å². The van der Waals surface area contributed by atoms with Gasteiger partial charge >= 0.3 is 0 Å². The van der Waals surface area contributed by atoms with Crippen LogP contribution in [-0.2, 0) is 4.74 Å². The maximum atomic E-state index is 4.92. The first-order chi connectivity index (χ1) is 2.91. The second kappa shape index (κ2) is 9.28. The fourth-order valence-corrected chi connectivity index (χ4v) is 0.246. The van der Waals surface area contributed by atoms with Crippen LogP contribution in [0, 0.1) is 0 Å². The van der Waals surface area contributed by atoms with Crippen LogP contribution in [-0.4, -0.2) is 19.8 Å². The van der Waals surface area contributed by atoms with E-state index in [9.17, 15) is 0 Å². The standard InChI is InChI=1S/C4H11NO.FH/c1-2-6-4-3-5;/h2-5H2,1H3;1H. The molecule has 0 rings (SSSR count). The van der Waals surface area contributed by atoms with Crippen molar-refractivity contribution < 1.29 is 15.2 Å². The predicted molar refractivity (Wildman–Crippen MR) is 24.2 cm³/mol. The minimum Gasteiger partial charge on any atom is -1.00 e. The van der Waals surface area contributed by atoms with Crippen molar-refractivity contribution in [3.63, 3.8) is 0 Å². The van der Waals surface area contributed by atoms with Crippen molar-refractivity contribution in [2.45, 2.75) is 6.92 Å². The minimum atomic E-state index is 0. The van der Waals surface area contributed by atoms with E-state index in [4.69, 9.17) is 4.74 Å². The highest BCUT2D eigenvalue weighted by molar-refractivity contribution is 4.16.